The largest absolute Gasteiger partial charge is 0.397 e. The van der Waals surface area contributed by atoms with E-state index in [0.717, 1.165) is 18.2 Å². The Morgan fingerprint density at radius 1 is 1.05 bits per heavy atom. The van der Waals surface area contributed by atoms with Gasteiger partial charge >= 0.3 is 0 Å². The molecule has 0 unspecified atom stereocenters. The van der Waals surface area contributed by atoms with Crippen LogP contribution < -0.4 is 11.1 Å². The molecule has 2 aromatic rings. The molecule has 0 saturated carbocycles. The summed E-state index contributed by atoms with van der Waals surface area (Å²) in [7, 11) is 0. The van der Waals surface area contributed by atoms with Gasteiger partial charge in [0.25, 0.3) is 5.91 Å². The quantitative estimate of drug-likeness (QED) is 0.659. The van der Waals surface area contributed by atoms with Crippen molar-refractivity contribution in [2.75, 3.05) is 11.1 Å². The first-order valence-corrected chi connectivity index (χ1v) is 5.81. The van der Waals surface area contributed by atoms with Crippen molar-refractivity contribution in [2.45, 2.75) is 6.92 Å². The van der Waals surface area contributed by atoms with E-state index in [1.807, 2.05) is 5.32 Å². The van der Waals surface area contributed by atoms with E-state index in [-0.39, 0.29) is 11.3 Å². The zero-order valence-corrected chi connectivity index (χ0v) is 10.8. The zero-order chi connectivity index (χ0) is 15.7. The highest BCUT2D eigenvalue weighted by Crippen LogP contribution is 2.25. The van der Waals surface area contributed by atoms with Crippen LogP contribution >= 0.6 is 0 Å². The highest BCUT2D eigenvalue weighted by atomic mass is 19.2. The van der Waals surface area contributed by atoms with Crippen molar-refractivity contribution >= 4 is 17.3 Å². The van der Waals surface area contributed by atoms with E-state index >= 15 is 0 Å². The smallest absolute Gasteiger partial charge is 0.258 e. The molecular formula is C14H10F4N2O. The summed E-state index contributed by atoms with van der Waals surface area (Å²) in [6, 6.07) is 3.35. The van der Waals surface area contributed by atoms with Gasteiger partial charge in [0.1, 0.15) is 17.3 Å². The molecule has 0 bridgehead atoms. The maximum atomic E-state index is 13.6. The molecule has 0 spiro atoms. The second-order valence-corrected chi connectivity index (χ2v) is 4.36. The summed E-state index contributed by atoms with van der Waals surface area (Å²) >= 11 is 0. The predicted octanol–water partition coefficient (Wildman–Crippen LogP) is 3.39. The molecule has 0 atom stereocenters. The number of nitrogens with one attached hydrogen (secondary N) is 1. The van der Waals surface area contributed by atoms with Gasteiger partial charge in [-0.15, -0.1) is 0 Å². The molecule has 2 rings (SSSR count). The first kappa shape index (κ1) is 14.8. The molecule has 110 valence electrons. The molecule has 0 radical (unpaired) electrons. The summed E-state index contributed by atoms with van der Waals surface area (Å²) in [5, 5.41) is 1.98. The highest BCUT2D eigenvalue weighted by molar-refractivity contribution is 6.06. The Hall–Kier alpha value is -2.57. The number of benzene rings is 2. The van der Waals surface area contributed by atoms with Crippen molar-refractivity contribution in [1.29, 1.82) is 0 Å². The molecule has 1 amide bonds. The van der Waals surface area contributed by atoms with E-state index in [1.165, 1.54) is 6.92 Å². The highest BCUT2D eigenvalue weighted by Gasteiger charge is 2.19. The number of hydrogen-bond donors (Lipinski definition) is 2. The molecule has 0 aromatic heterocycles. The van der Waals surface area contributed by atoms with Crippen molar-refractivity contribution in [3.05, 3.63) is 58.7 Å². The Morgan fingerprint density at radius 2 is 1.71 bits per heavy atom. The van der Waals surface area contributed by atoms with Crippen molar-refractivity contribution in [3.8, 4) is 0 Å². The Kier molecular flexibility index (Phi) is 3.84. The fraction of sp³-hybridized carbons (Fsp3) is 0.0714. The van der Waals surface area contributed by atoms with Crippen molar-refractivity contribution < 1.29 is 22.4 Å². The first-order valence-electron chi connectivity index (χ1n) is 5.81. The van der Waals surface area contributed by atoms with Crippen LogP contribution in [-0.2, 0) is 0 Å². The van der Waals surface area contributed by atoms with Crippen LogP contribution in [0.2, 0.25) is 0 Å². The van der Waals surface area contributed by atoms with Gasteiger partial charge in [-0.25, -0.2) is 17.6 Å². The van der Waals surface area contributed by atoms with Crippen molar-refractivity contribution in [2.24, 2.45) is 0 Å². The number of rotatable bonds is 2. The number of amides is 1. The van der Waals surface area contributed by atoms with E-state index in [0.29, 0.717) is 6.07 Å². The molecule has 0 fully saturated rings. The first-order chi connectivity index (χ1) is 9.81. The lowest BCUT2D eigenvalue weighted by molar-refractivity contribution is 0.102. The minimum atomic E-state index is -1.36. The summed E-state index contributed by atoms with van der Waals surface area (Å²) < 4.78 is 53.4. The molecular weight excluding hydrogens is 288 g/mol. The minimum Gasteiger partial charge on any atom is -0.397 e. The van der Waals surface area contributed by atoms with Crippen LogP contribution in [0.1, 0.15) is 15.9 Å². The summed E-state index contributed by atoms with van der Waals surface area (Å²) in [6.07, 6.45) is 0. The van der Waals surface area contributed by atoms with Crippen molar-refractivity contribution in [3.63, 3.8) is 0 Å². The molecule has 3 nitrogen and oxygen atoms in total. The van der Waals surface area contributed by atoms with Crippen LogP contribution in [0.5, 0.6) is 0 Å². The monoisotopic (exact) mass is 298 g/mol. The summed E-state index contributed by atoms with van der Waals surface area (Å²) in [5.41, 5.74) is 4.15. The number of carbonyl (C=O) groups excluding carboxylic acids is 1. The van der Waals surface area contributed by atoms with Gasteiger partial charge in [0, 0.05) is 6.07 Å². The second kappa shape index (κ2) is 5.43. The average Bonchev–Trinajstić information content (AvgIpc) is 2.43. The lowest BCUT2D eigenvalue weighted by Crippen LogP contribution is -2.17. The topological polar surface area (TPSA) is 55.1 Å². The SMILES string of the molecule is Cc1cc(C(=O)Nc2c(N)ccc(F)c2F)c(F)cc1F. The molecule has 0 aliphatic rings. The fourth-order valence-corrected chi connectivity index (χ4v) is 1.70. The summed E-state index contributed by atoms with van der Waals surface area (Å²) in [4.78, 5) is 11.9. The van der Waals surface area contributed by atoms with Gasteiger partial charge in [-0.2, -0.15) is 0 Å². The molecule has 0 aliphatic heterocycles. The van der Waals surface area contributed by atoms with Gasteiger partial charge in [0.05, 0.1) is 11.3 Å². The number of halogens is 4. The third kappa shape index (κ3) is 2.81. The van der Waals surface area contributed by atoms with Gasteiger partial charge in [0.2, 0.25) is 0 Å². The molecule has 0 aliphatic carbocycles. The zero-order valence-electron chi connectivity index (χ0n) is 10.8. The maximum absolute atomic E-state index is 13.6. The van der Waals surface area contributed by atoms with Gasteiger partial charge in [-0.3, -0.25) is 4.79 Å². The molecule has 7 heteroatoms. The van der Waals surface area contributed by atoms with Crippen LogP contribution in [0.3, 0.4) is 0 Å². The normalized spacial score (nSPS) is 10.5. The lowest BCUT2D eigenvalue weighted by Gasteiger charge is -2.11. The van der Waals surface area contributed by atoms with Gasteiger partial charge in [-0.05, 0) is 30.7 Å². The number of carbonyl (C=O) groups is 1. The van der Waals surface area contributed by atoms with Crippen LogP contribution in [0.25, 0.3) is 0 Å². The molecule has 21 heavy (non-hydrogen) atoms. The van der Waals surface area contributed by atoms with Crippen molar-refractivity contribution in [1.82, 2.24) is 0 Å². The predicted molar refractivity (Wildman–Crippen MR) is 69.8 cm³/mol. The van der Waals surface area contributed by atoms with E-state index in [2.05, 4.69) is 0 Å². The second-order valence-electron chi connectivity index (χ2n) is 4.36. The van der Waals surface area contributed by atoms with Crippen LogP contribution in [0.15, 0.2) is 24.3 Å². The van der Waals surface area contributed by atoms with Crippen LogP contribution in [0.4, 0.5) is 28.9 Å². The molecule has 0 saturated heterocycles. The Labute approximate surface area is 117 Å². The van der Waals surface area contributed by atoms with E-state index in [1.54, 1.807) is 0 Å². The standard InChI is InChI=1S/C14H10F4N2O/c1-6-4-7(10(17)5-9(6)16)14(21)20-13-11(19)3-2-8(15)12(13)18/h2-5H,19H2,1H3,(H,20,21). The molecule has 0 heterocycles. The fourth-order valence-electron chi connectivity index (χ4n) is 1.70. The molecule has 3 N–H and O–H groups in total. The van der Waals surface area contributed by atoms with Gasteiger partial charge in [-0.1, -0.05) is 0 Å². The average molecular weight is 298 g/mol. The minimum absolute atomic E-state index is 0.0363. The Balaban J connectivity index is 2.40. The van der Waals surface area contributed by atoms with E-state index in [4.69, 9.17) is 5.73 Å². The summed E-state index contributed by atoms with van der Waals surface area (Å²) in [6.45, 7) is 1.34. The number of anilines is 2. The van der Waals surface area contributed by atoms with Crippen LogP contribution in [0, 0.1) is 30.2 Å². The summed E-state index contributed by atoms with van der Waals surface area (Å²) in [5.74, 6) is -5.57. The van der Waals surface area contributed by atoms with Gasteiger partial charge in [0.15, 0.2) is 11.6 Å². The number of hydrogen-bond acceptors (Lipinski definition) is 2. The number of nitrogens with two attached hydrogens (primary N) is 1. The van der Waals surface area contributed by atoms with E-state index in [9.17, 15) is 22.4 Å². The van der Waals surface area contributed by atoms with Gasteiger partial charge < -0.3 is 11.1 Å². The number of nitrogen functional groups attached to an aromatic ring is 1. The third-order valence-electron chi connectivity index (χ3n) is 2.86. The lowest BCUT2D eigenvalue weighted by atomic mass is 10.1. The molecule has 2 aromatic carbocycles. The Morgan fingerprint density at radius 3 is 2.38 bits per heavy atom. The van der Waals surface area contributed by atoms with E-state index < -0.39 is 40.4 Å². The maximum Gasteiger partial charge on any atom is 0.258 e. The third-order valence-corrected chi connectivity index (χ3v) is 2.86. The van der Waals surface area contributed by atoms with Crippen LogP contribution in [-0.4, -0.2) is 5.91 Å². The number of aryl methyl sites for hydroxylation is 1. The Bertz CT molecular complexity index is 731.